The van der Waals surface area contributed by atoms with E-state index in [0.29, 0.717) is 29.1 Å². The number of benzene rings is 1. The van der Waals surface area contributed by atoms with Gasteiger partial charge in [0.05, 0.1) is 23.6 Å². The van der Waals surface area contributed by atoms with E-state index in [1.165, 1.54) is 23.9 Å². The minimum atomic E-state index is -4.48. The van der Waals surface area contributed by atoms with E-state index in [0.717, 1.165) is 23.5 Å². The molecule has 160 valence electrons. The summed E-state index contributed by atoms with van der Waals surface area (Å²) in [6.07, 6.45) is -4.48. The highest BCUT2D eigenvalue weighted by molar-refractivity contribution is 7.20. The number of aryl methyl sites for hydroxylation is 1. The third-order valence-electron chi connectivity index (χ3n) is 4.13. The second kappa shape index (κ2) is 8.84. The van der Waals surface area contributed by atoms with Crippen LogP contribution in [0.3, 0.4) is 0 Å². The van der Waals surface area contributed by atoms with Crippen molar-refractivity contribution in [2.75, 3.05) is 26.9 Å². The van der Waals surface area contributed by atoms with E-state index >= 15 is 0 Å². The highest BCUT2D eigenvalue weighted by Crippen LogP contribution is 2.33. The Morgan fingerprint density at radius 3 is 2.73 bits per heavy atom. The molecule has 11 heteroatoms. The number of carbonyl (C=O) groups excluding carboxylic acids is 2. The van der Waals surface area contributed by atoms with Gasteiger partial charge in [-0.3, -0.25) is 4.79 Å². The Morgan fingerprint density at radius 2 is 2.03 bits per heavy atom. The number of nitrogens with zero attached hydrogens (tertiary/aromatic N) is 2. The quantitative estimate of drug-likeness (QED) is 0.449. The number of halogens is 3. The molecule has 30 heavy (non-hydrogen) atoms. The number of esters is 1. The number of thiophene rings is 1. The van der Waals surface area contributed by atoms with Crippen molar-refractivity contribution >= 4 is 33.4 Å². The molecule has 0 aliphatic carbocycles. The average molecular weight is 441 g/mol. The van der Waals surface area contributed by atoms with Crippen LogP contribution in [0.4, 0.5) is 13.2 Å². The predicted octanol–water partition coefficient (Wildman–Crippen LogP) is 3.33. The molecular formula is C19H18F3N3O4S. The van der Waals surface area contributed by atoms with Gasteiger partial charge < -0.3 is 14.8 Å². The molecule has 0 atom stereocenters. The van der Waals surface area contributed by atoms with Crippen LogP contribution < -0.4 is 5.32 Å². The van der Waals surface area contributed by atoms with Gasteiger partial charge in [-0.1, -0.05) is 6.07 Å². The first kappa shape index (κ1) is 21.8. The van der Waals surface area contributed by atoms with Crippen LogP contribution in [0.25, 0.3) is 15.9 Å². The summed E-state index contributed by atoms with van der Waals surface area (Å²) >= 11 is 1.03. The Labute approximate surface area is 173 Å². The summed E-state index contributed by atoms with van der Waals surface area (Å²) in [4.78, 5) is 24.7. The summed E-state index contributed by atoms with van der Waals surface area (Å²) in [6.45, 7) is 1.87. The molecule has 1 N–H and O–H groups in total. The Balaban J connectivity index is 1.81. The van der Waals surface area contributed by atoms with Crippen molar-refractivity contribution in [3.8, 4) is 5.69 Å². The molecule has 7 nitrogen and oxygen atoms in total. The van der Waals surface area contributed by atoms with Crippen LogP contribution in [-0.2, 0) is 20.4 Å². The van der Waals surface area contributed by atoms with Gasteiger partial charge in [-0.05, 0) is 31.2 Å². The molecule has 0 unspecified atom stereocenters. The average Bonchev–Trinajstić information content (AvgIpc) is 3.26. The van der Waals surface area contributed by atoms with Gasteiger partial charge >= 0.3 is 12.1 Å². The predicted molar refractivity (Wildman–Crippen MR) is 104 cm³/mol. The fraction of sp³-hybridized carbons (Fsp3) is 0.316. The van der Waals surface area contributed by atoms with E-state index in [1.807, 2.05) is 0 Å². The normalized spacial score (nSPS) is 11.6. The first-order chi connectivity index (χ1) is 14.2. The van der Waals surface area contributed by atoms with Gasteiger partial charge in [-0.25, -0.2) is 9.48 Å². The standard InChI is InChI=1S/C19H18F3N3O4S/c1-11-14-9-15(18(27)29-10-16(26)23-6-7-28-2)30-17(14)25(24-11)13-5-3-4-12(8-13)19(20,21)22/h3-5,8-9H,6-7,10H2,1-2H3,(H,23,26). The first-order valence-electron chi connectivity index (χ1n) is 8.80. The topological polar surface area (TPSA) is 82.4 Å². The lowest BCUT2D eigenvalue weighted by molar-refractivity contribution is -0.137. The Morgan fingerprint density at radius 1 is 1.27 bits per heavy atom. The van der Waals surface area contributed by atoms with Crippen LogP contribution in [0, 0.1) is 6.92 Å². The fourth-order valence-corrected chi connectivity index (χ4v) is 3.76. The van der Waals surface area contributed by atoms with Gasteiger partial charge in [0.15, 0.2) is 6.61 Å². The maximum absolute atomic E-state index is 13.0. The lowest BCUT2D eigenvalue weighted by Gasteiger charge is -2.09. The molecule has 3 aromatic rings. The lowest BCUT2D eigenvalue weighted by Crippen LogP contribution is -2.31. The van der Waals surface area contributed by atoms with E-state index in [1.54, 1.807) is 13.0 Å². The molecule has 1 aromatic carbocycles. The zero-order valence-corrected chi connectivity index (χ0v) is 16.9. The number of methoxy groups -OCH3 is 1. The van der Waals surface area contributed by atoms with Crippen LogP contribution in [0.1, 0.15) is 20.9 Å². The Bertz CT molecular complexity index is 1070. The largest absolute Gasteiger partial charge is 0.451 e. The second-order valence-electron chi connectivity index (χ2n) is 6.29. The van der Waals surface area contributed by atoms with E-state index in [9.17, 15) is 22.8 Å². The van der Waals surface area contributed by atoms with Gasteiger partial charge in [0.25, 0.3) is 5.91 Å². The van der Waals surface area contributed by atoms with Crippen molar-refractivity contribution in [1.82, 2.24) is 15.1 Å². The Kier molecular flexibility index (Phi) is 6.42. The van der Waals surface area contributed by atoms with E-state index < -0.39 is 30.2 Å². The molecular weight excluding hydrogens is 423 g/mol. The number of alkyl halides is 3. The van der Waals surface area contributed by atoms with Crippen molar-refractivity contribution in [2.24, 2.45) is 0 Å². The maximum Gasteiger partial charge on any atom is 0.416 e. The number of fused-ring (bicyclic) bond motifs is 1. The molecule has 0 saturated carbocycles. The minimum absolute atomic E-state index is 0.218. The second-order valence-corrected chi connectivity index (χ2v) is 7.32. The summed E-state index contributed by atoms with van der Waals surface area (Å²) in [5.41, 5.74) is -0.0192. The molecule has 0 bridgehead atoms. The summed E-state index contributed by atoms with van der Waals surface area (Å²) in [7, 11) is 1.50. The van der Waals surface area contributed by atoms with Crippen LogP contribution in [0.5, 0.6) is 0 Å². The molecule has 1 amide bonds. The molecule has 0 saturated heterocycles. The van der Waals surface area contributed by atoms with Crippen molar-refractivity contribution in [3.63, 3.8) is 0 Å². The smallest absolute Gasteiger partial charge is 0.416 e. The molecule has 0 aliphatic rings. The highest BCUT2D eigenvalue weighted by atomic mass is 32.1. The number of aromatic nitrogens is 2. The van der Waals surface area contributed by atoms with Crippen LogP contribution >= 0.6 is 11.3 Å². The molecule has 0 fully saturated rings. The van der Waals surface area contributed by atoms with Crippen LogP contribution in [0.15, 0.2) is 30.3 Å². The molecule has 0 aliphatic heterocycles. The summed E-state index contributed by atoms with van der Waals surface area (Å²) < 4.78 is 50.3. The van der Waals surface area contributed by atoms with Gasteiger partial charge in [-0.2, -0.15) is 18.3 Å². The van der Waals surface area contributed by atoms with Gasteiger partial charge in [0.2, 0.25) is 0 Å². The minimum Gasteiger partial charge on any atom is -0.451 e. The number of hydrogen-bond donors (Lipinski definition) is 1. The van der Waals surface area contributed by atoms with Crippen LogP contribution in [0.2, 0.25) is 0 Å². The zero-order valence-electron chi connectivity index (χ0n) is 16.1. The summed E-state index contributed by atoms with van der Waals surface area (Å²) in [5.74, 6) is -1.17. The lowest BCUT2D eigenvalue weighted by atomic mass is 10.2. The number of rotatable bonds is 7. The maximum atomic E-state index is 13.0. The monoisotopic (exact) mass is 441 g/mol. The van der Waals surface area contributed by atoms with E-state index in [4.69, 9.17) is 9.47 Å². The first-order valence-corrected chi connectivity index (χ1v) is 9.62. The number of ether oxygens (including phenoxy) is 2. The molecule has 2 aromatic heterocycles. The van der Waals surface area contributed by atoms with Crippen molar-refractivity contribution in [2.45, 2.75) is 13.1 Å². The van der Waals surface area contributed by atoms with Crippen LogP contribution in [-0.4, -0.2) is 48.5 Å². The number of hydrogen-bond acceptors (Lipinski definition) is 6. The number of amides is 1. The molecule has 2 heterocycles. The van der Waals surface area contributed by atoms with E-state index in [2.05, 4.69) is 10.4 Å². The third-order valence-corrected chi connectivity index (χ3v) is 5.22. The van der Waals surface area contributed by atoms with Gasteiger partial charge in [0, 0.05) is 19.0 Å². The molecule has 0 radical (unpaired) electrons. The summed E-state index contributed by atoms with van der Waals surface area (Å²) in [5, 5.41) is 7.44. The Hall–Kier alpha value is -2.92. The van der Waals surface area contributed by atoms with E-state index in [-0.39, 0.29) is 10.6 Å². The summed E-state index contributed by atoms with van der Waals surface area (Å²) in [6, 6.07) is 6.33. The van der Waals surface area contributed by atoms with Gasteiger partial charge in [0.1, 0.15) is 9.71 Å². The SMILES string of the molecule is COCCNC(=O)COC(=O)c1cc2c(C)nn(-c3cccc(C(F)(F)F)c3)c2s1. The van der Waals surface area contributed by atoms with Gasteiger partial charge in [-0.15, -0.1) is 11.3 Å². The molecule has 3 rings (SSSR count). The highest BCUT2D eigenvalue weighted by Gasteiger charge is 2.31. The number of carbonyl (C=O) groups is 2. The molecule has 0 spiro atoms. The van der Waals surface area contributed by atoms with Crippen molar-refractivity contribution in [3.05, 3.63) is 46.5 Å². The fourth-order valence-electron chi connectivity index (χ4n) is 2.68. The number of nitrogens with one attached hydrogen (secondary N) is 1. The third kappa shape index (κ3) is 4.79. The van der Waals surface area contributed by atoms with Crippen molar-refractivity contribution < 1.29 is 32.2 Å². The van der Waals surface area contributed by atoms with Crippen molar-refractivity contribution in [1.29, 1.82) is 0 Å². The zero-order chi connectivity index (χ0) is 21.9.